The lowest BCUT2D eigenvalue weighted by atomic mass is 10.1. The second-order valence-electron chi connectivity index (χ2n) is 4.35. The van der Waals surface area contributed by atoms with Gasteiger partial charge in [0.25, 0.3) is 0 Å². The van der Waals surface area contributed by atoms with Gasteiger partial charge in [-0.25, -0.2) is 4.79 Å². The molecule has 1 atom stereocenters. The Kier molecular flexibility index (Phi) is 5.04. The first kappa shape index (κ1) is 16.8. The number of alkyl halides is 3. The molecule has 0 aromatic heterocycles. The summed E-state index contributed by atoms with van der Waals surface area (Å²) in [6.45, 7) is 0.919. The number of halogens is 4. The van der Waals surface area contributed by atoms with E-state index >= 15 is 0 Å². The van der Waals surface area contributed by atoms with Crippen LogP contribution in [0.1, 0.15) is 12.5 Å². The Labute approximate surface area is 122 Å². The number of anilines is 1. The molecule has 0 heterocycles. The van der Waals surface area contributed by atoms with E-state index in [1.165, 1.54) is 13.0 Å². The fraction of sp³-hybridized carbons (Fsp3) is 0.417. The third-order valence-electron chi connectivity index (χ3n) is 2.49. The van der Waals surface area contributed by atoms with Crippen LogP contribution in [0.2, 0.25) is 0 Å². The normalized spacial score (nSPS) is 14.6. The van der Waals surface area contributed by atoms with E-state index < -0.39 is 23.3 Å². The molecule has 1 rings (SSSR count). The molecule has 0 bridgehead atoms. The number of aliphatic hydroxyl groups is 1. The van der Waals surface area contributed by atoms with Crippen LogP contribution in [-0.2, 0) is 15.7 Å². The van der Waals surface area contributed by atoms with Gasteiger partial charge in [0.15, 0.2) is 5.60 Å². The van der Waals surface area contributed by atoms with Gasteiger partial charge in [0, 0.05) is 10.2 Å². The Morgan fingerprint density at radius 3 is 2.50 bits per heavy atom. The van der Waals surface area contributed by atoms with Crippen LogP contribution < -0.4 is 5.32 Å². The van der Waals surface area contributed by atoms with E-state index in [0.717, 1.165) is 19.2 Å². The summed E-state index contributed by atoms with van der Waals surface area (Å²) in [6, 6.07) is 3.23. The van der Waals surface area contributed by atoms with Crippen molar-refractivity contribution in [2.75, 3.05) is 19.0 Å². The Hall–Kier alpha value is -1.28. The molecular weight excluding hydrogens is 343 g/mol. The monoisotopic (exact) mass is 355 g/mol. The van der Waals surface area contributed by atoms with Gasteiger partial charge in [-0.1, -0.05) is 15.9 Å². The molecule has 0 fully saturated rings. The minimum Gasteiger partial charge on any atom is -0.467 e. The van der Waals surface area contributed by atoms with Gasteiger partial charge < -0.3 is 15.2 Å². The topological polar surface area (TPSA) is 58.6 Å². The second-order valence-corrected chi connectivity index (χ2v) is 5.26. The van der Waals surface area contributed by atoms with Crippen LogP contribution in [0, 0.1) is 0 Å². The Bertz CT molecular complexity index is 503. The highest BCUT2D eigenvalue weighted by Gasteiger charge is 2.33. The third kappa shape index (κ3) is 4.38. The number of hydrogen-bond donors (Lipinski definition) is 2. The van der Waals surface area contributed by atoms with Gasteiger partial charge >= 0.3 is 12.1 Å². The zero-order valence-corrected chi connectivity index (χ0v) is 12.3. The van der Waals surface area contributed by atoms with Gasteiger partial charge in [-0.05, 0) is 25.1 Å². The molecule has 0 aliphatic heterocycles. The molecule has 0 amide bonds. The molecule has 0 aliphatic rings. The summed E-state index contributed by atoms with van der Waals surface area (Å²) in [6.07, 6.45) is -4.48. The lowest BCUT2D eigenvalue weighted by molar-refractivity contribution is -0.158. The Morgan fingerprint density at radius 1 is 1.40 bits per heavy atom. The summed E-state index contributed by atoms with van der Waals surface area (Å²) in [5, 5.41) is 12.3. The SMILES string of the molecule is COC(=O)C(C)(O)CNc1cc(Br)cc(C(F)(F)F)c1. The van der Waals surface area contributed by atoms with Crippen molar-refractivity contribution in [2.24, 2.45) is 0 Å². The number of carbonyl (C=O) groups is 1. The average molecular weight is 356 g/mol. The molecule has 0 saturated heterocycles. The summed E-state index contributed by atoms with van der Waals surface area (Å²) in [4.78, 5) is 11.2. The minimum atomic E-state index is -4.48. The summed E-state index contributed by atoms with van der Waals surface area (Å²) < 4.78 is 42.5. The number of benzene rings is 1. The molecule has 1 aromatic carbocycles. The molecular formula is C12H13BrF3NO3. The average Bonchev–Trinajstić information content (AvgIpc) is 2.33. The highest BCUT2D eigenvalue weighted by Crippen LogP contribution is 2.33. The Morgan fingerprint density at radius 2 is 2.00 bits per heavy atom. The number of hydrogen-bond acceptors (Lipinski definition) is 4. The number of nitrogens with one attached hydrogen (secondary N) is 1. The van der Waals surface area contributed by atoms with Gasteiger partial charge in [-0.3, -0.25) is 0 Å². The van der Waals surface area contributed by atoms with Crippen molar-refractivity contribution in [1.82, 2.24) is 0 Å². The molecule has 4 nitrogen and oxygen atoms in total. The first-order chi connectivity index (χ1) is 9.06. The van der Waals surface area contributed by atoms with Crippen LogP contribution >= 0.6 is 15.9 Å². The van der Waals surface area contributed by atoms with Gasteiger partial charge in [-0.2, -0.15) is 13.2 Å². The van der Waals surface area contributed by atoms with Crippen molar-refractivity contribution in [3.63, 3.8) is 0 Å². The molecule has 8 heteroatoms. The van der Waals surface area contributed by atoms with E-state index in [1.807, 2.05) is 0 Å². The lowest BCUT2D eigenvalue weighted by Crippen LogP contribution is -2.42. The van der Waals surface area contributed by atoms with Crippen molar-refractivity contribution >= 4 is 27.6 Å². The third-order valence-corrected chi connectivity index (χ3v) is 2.94. The van der Waals surface area contributed by atoms with Gasteiger partial charge in [-0.15, -0.1) is 0 Å². The van der Waals surface area contributed by atoms with Crippen molar-refractivity contribution in [3.05, 3.63) is 28.2 Å². The van der Waals surface area contributed by atoms with Crippen molar-refractivity contribution in [2.45, 2.75) is 18.7 Å². The predicted molar refractivity (Wildman–Crippen MR) is 70.3 cm³/mol. The first-order valence-electron chi connectivity index (χ1n) is 5.49. The zero-order valence-electron chi connectivity index (χ0n) is 10.7. The van der Waals surface area contributed by atoms with Crippen LogP contribution in [0.3, 0.4) is 0 Å². The van der Waals surface area contributed by atoms with E-state index in [4.69, 9.17) is 0 Å². The van der Waals surface area contributed by atoms with E-state index in [2.05, 4.69) is 26.0 Å². The molecule has 2 N–H and O–H groups in total. The van der Waals surface area contributed by atoms with Crippen molar-refractivity contribution in [1.29, 1.82) is 0 Å². The summed E-state index contributed by atoms with van der Waals surface area (Å²) >= 11 is 2.97. The molecule has 20 heavy (non-hydrogen) atoms. The Balaban J connectivity index is 2.89. The maximum atomic E-state index is 12.6. The van der Waals surface area contributed by atoms with Crippen molar-refractivity contribution in [3.8, 4) is 0 Å². The van der Waals surface area contributed by atoms with E-state index in [0.29, 0.717) is 0 Å². The smallest absolute Gasteiger partial charge is 0.416 e. The highest BCUT2D eigenvalue weighted by atomic mass is 79.9. The molecule has 0 spiro atoms. The summed E-state index contributed by atoms with van der Waals surface area (Å²) in [5.74, 6) is -0.879. The summed E-state index contributed by atoms with van der Waals surface area (Å²) in [7, 11) is 1.11. The van der Waals surface area contributed by atoms with Crippen LogP contribution in [-0.4, -0.2) is 30.3 Å². The molecule has 1 unspecified atom stereocenters. The fourth-order valence-corrected chi connectivity index (χ4v) is 1.91. The first-order valence-corrected chi connectivity index (χ1v) is 6.28. The fourth-order valence-electron chi connectivity index (χ4n) is 1.42. The van der Waals surface area contributed by atoms with Crippen molar-refractivity contribution < 1.29 is 27.8 Å². The van der Waals surface area contributed by atoms with Crippen LogP contribution in [0.5, 0.6) is 0 Å². The summed E-state index contributed by atoms with van der Waals surface area (Å²) in [5.41, 5.74) is -2.56. The van der Waals surface area contributed by atoms with Crippen LogP contribution in [0.25, 0.3) is 0 Å². The van der Waals surface area contributed by atoms with Crippen LogP contribution in [0.15, 0.2) is 22.7 Å². The second kappa shape index (κ2) is 6.01. The molecule has 1 aromatic rings. The standard InChI is InChI=1S/C12H13BrF3NO3/c1-11(19,10(18)20-2)6-17-9-4-7(12(14,15)16)3-8(13)5-9/h3-5,17,19H,6H2,1-2H3. The molecule has 0 saturated carbocycles. The number of ether oxygens (including phenoxy) is 1. The van der Waals surface area contributed by atoms with E-state index in [-0.39, 0.29) is 16.7 Å². The highest BCUT2D eigenvalue weighted by molar-refractivity contribution is 9.10. The van der Waals surface area contributed by atoms with Gasteiger partial charge in [0.05, 0.1) is 19.2 Å². The molecule has 112 valence electrons. The number of methoxy groups -OCH3 is 1. The lowest BCUT2D eigenvalue weighted by Gasteiger charge is -2.21. The number of rotatable bonds is 4. The molecule has 0 aliphatic carbocycles. The minimum absolute atomic E-state index is 0.121. The molecule has 0 radical (unpaired) electrons. The largest absolute Gasteiger partial charge is 0.467 e. The quantitative estimate of drug-likeness (QED) is 0.815. The van der Waals surface area contributed by atoms with Gasteiger partial charge in [0.1, 0.15) is 0 Å². The van der Waals surface area contributed by atoms with E-state index in [1.54, 1.807) is 0 Å². The maximum Gasteiger partial charge on any atom is 0.416 e. The number of esters is 1. The van der Waals surface area contributed by atoms with Gasteiger partial charge in [0.2, 0.25) is 0 Å². The maximum absolute atomic E-state index is 12.6. The number of carbonyl (C=O) groups excluding carboxylic acids is 1. The van der Waals surface area contributed by atoms with E-state index in [9.17, 15) is 23.1 Å². The zero-order chi connectivity index (χ0) is 15.6. The predicted octanol–water partition coefficient (Wildman–Crippen LogP) is 2.80. The van der Waals surface area contributed by atoms with Crippen LogP contribution in [0.4, 0.5) is 18.9 Å².